The zero-order valence-corrected chi connectivity index (χ0v) is 49.9. The lowest BCUT2D eigenvalue weighted by Gasteiger charge is -2.18. The molecule has 1 atom stereocenters. The number of esters is 3. The van der Waals surface area contributed by atoms with E-state index in [4.69, 9.17) is 14.2 Å². The number of ether oxygens (including phenoxy) is 3. The van der Waals surface area contributed by atoms with Gasteiger partial charge in [-0.05, 0) is 116 Å². The molecule has 0 heterocycles. The molecule has 0 aromatic carbocycles. The van der Waals surface area contributed by atoms with Gasteiger partial charge in [0.05, 0.1) is 0 Å². The molecule has 0 spiro atoms. The summed E-state index contributed by atoms with van der Waals surface area (Å²) in [7, 11) is 0. The second kappa shape index (κ2) is 64.1. The molecule has 436 valence electrons. The minimum absolute atomic E-state index is 0.0889. The smallest absolute Gasteiger partial charge is 0.306 e. The van der Waals surface area contributed by atoms with E-state index in [1.54, 1.807) is 0 Å². The average Bonchev–Trinajstić information content (AvgIpc) is 3.43. The SMILES string of the molecule is CC/C=C\C/C=C\C/C=C\C/C=C\C/C=C\C/C=C\C/C=C\CCCCCCCCCC(=O)OCC(COC(=O)CCCCCCCCCCCCC)OC(=O)CCCCCCCC/C=C\C/C=C\C/C=C\C/C=C\CC. The van der Waals surface area contributed by atoms with Crippen LogP contribution in [-0.4, -0.2) is 37.2 Å². The summed E-state index contributed by atoms with van der Waals surface area (Å²) in [5.74, 6) is -0.913. The lowest BCUT2D eigenvalue weighted by atomic mass is 10.1. The van der Waals surface area contributed by atoms with E-state index < -0.39 is 6.10 Å². The van der Waals surface area contributed by atoms with Crippen molar-refractivity contribution < 1.29 is 28.6 Å². The monoisotopic (exact) mass is 1060 g/mol. The third-order valence-electron chi connectivity index (χ3n) is 13.2. The fraction of sp³-hybridized carbons (Fsp3) is 0.648. The van der Waals surface area contributed by atoms with E-state index in [-0.39, 0.29) is 31.1 Å². The topological polar surface area (TPSA) is 78.9 Å². The molecule has 0 fully saturated rings. The summed E-state index contributed by atoms with van der Waals surface area (Å²) >= 11 is 0. The molecule has 0 rings (SSSR count). The summed E-state index contributed by atoms with van der Waals surface area (Å²) in [5.41, 5.74) is 0. The largest absolute Gasteiger partial charge is 0.462 e. The van der Waals surface area contributed by atoms with Crippen LogP contribution in [0, 0.1) is 0 Å². The van der Waals surface area contributed by atoms with Crippen molar-refractivity contribution in [3.05, 3.63) is 134 Å². The lowest BCUT2D eigenvalue weighted by molar-refractivity contribution is -0.167. The highest BCUT2D eigenvalue weighted by atomic mass is 16.6. The molecule has 1 unspecified atom stereocenters. The Morgan fingerprint density at radius 3 is 0.792 bits per heavy atom. The number of carbonyl (C=O) groups is 3. The fourth-order valence-electron chi connectivity index (χ4n) is 8.47. The average molecular weight is 1070 g/mol. The molecule has 0 saturated heterocycles. The predicted molar refractivity (Wildman–Crippen MR) is 334 cm³/mol. The Morgan fingerprint density at radius 1 is 0.273 bits per heavy atom. The van der Waals surface area contributed by atoms with Crippen molar-refractivity contribution in [1.29, 1.82) is 0 Å². The van der Waals surface area contributed by atoms with Crippen molar-refractivity contribution >= 4 is 17.9 Å². The van der Waals surface area contributed by atoms with Crippen LogP contribution < -0.4 is 0 Å². The second-order valence-electron chi connectivity index (χ2n) is 20.6. The van der Waals surface area contributed by atoms with E-state index in [1.807, 2.05) is 0 Å². The minimum atomic E-state index is -0.794. The molecule has 0 N–H and O–H groups in total. The van der Waals surface area contributed by atoms with Crippen LogP contribution in [0.25, 0.3) is 0 Å². The number of hydrogen-bond acceptors (Lipinski definition) is 6. The number of hydrogen-bond donors (Lipinski definition) is 0. The van der Waals surface area contributed by atoms with Crippen molar-refractivity contribution in [2.45, 2.75) is 284 Å². The summed E-state index contributed by atoms with van der Waals surface area (Å²) in [6.07, 6.45) is 90.2. The fourth-order valence-corrected chi connectivity index (χ4v) is 8.47. The number of rotatable bonds is 56. The molecular formula is C71H116O6. The van der Waals surface area contributed by atoms with Crippen LogP contribution >= 0.6 is 0 Å². The number of allylic oxidation sites excluding steroid dienone is 22. The van der Waals surface area contributed by atoms with Gasteiger partial charge in [-0.2, -0.15) is 0 Å². The van der Waals surface area contributed by atoms with Gasteiger partial charge in [0, 0.05) is 19.3 Å². The molecule has 0 amide bonds. The van der Waals surface area contributed by atoms with Crippen molar-refractivity contribution in [3.8, 4) is 0 Å². The van der Waals surface area contributed by atoms with Crippen LogP contribution in [0.5, 0.6) is 0 Å². The van der Waals surface area contributed by atoms with Crippen LogP contribution in [-0.2, 0) is 28.6 Å². The van der Waals surface area contributed by atoms with Gasteiger partial charge >= 0.3 is 17.9 Å². The highest BCUT2D eigenvalue weighted by molar-refractivity contribution is 5.71. The molecule has 0 aliphatic heterocycles. The van der Waals surface area contributed by atoms with Crippen molar-refractivity contribution in [2.24, 2.45) is 0 Å². The summed E-state index contributed by atoms with van der Waals surface area (Å²) in [6.45, 7) is 6.39. The standard InChI is InChI=1S/C71H116O6/c1-4-7-10-13-16-19-22-24-26-28-30-31-32-33-34-35-36-37-38-39-41-42-44-46-49-52-55-58-61-64-70(73)76-67-68(66-75-69(72)63-60-57-54-51-48-21-18-15-12-9-6-3)77-71(74)65-62-59-56-53-50-47-45-43-40-29-27-25-23-20-17-14-11-8-5-2/h7-8,10-11,16-17,19-20,24-27,30-31,33-34,36-37,39-41,43,68H,4-6,9,12-15,18,21-23,28-29,32,35,38,42,44-67H2,1-3H3/b10-7-,11-8-,19-16-,20-17-,26-24-,27-25-,31-30-,34-33-,37-36-,41-39-,43-40-. The first-order valence-corrected chi connectivity index (χ1v) is 31.7. The van der Waals surface area contributed by atoms with Gasteiger partial charge in [-0.3, -0.25) is 14.4 Å². The van der Waals surface area contributed by atoms with Gasteiger partial charge in [0.15, 0.2) is 6.10 Å². The van der Waals surface area contributed by atoms with Crippen molar-refractivity contribution in [1.82, 2.24) is 0 Å². The van der Waals surface area contributed by atoms with Crippen LogP contribution in [0.2, 0.25) is 0 Å². The van der Waals surface area contributed by atoms with Gasteiger partial charge in [0.1, 0.15) is 13.2 Å². The van der Waals surface area contributed by atoms with Gasteiger partial charge in [0.2, 0.25) is 0 Å². The summed E-state index contributed by atoms with van der Waals surface area (Å²) in [5, 5.41) is 0. The van der Waals surface area contributed by atoms with E-state index in [2.05, 4.69) is 154 Å². The molecule has 0 aromatic heterocycles. The molecule has 0 bridgehead atoms. The van der Waals surface area contributed by atoms with E-state index in [0.717, 1.165) is 148 Å². The molecule has 0 radical (unpaired) electrons. The molecule has 6 nitrogen and oxygen atoms in total. The Kier molecular flexibility index (Phi) is 60.4. The zero-order chi connectivity index (χ0) is 55.7. The lowest BCUT2D eigenvalue weighted by Crippen LogP contribution is -2.30. The highest BCUT2D eigenvalue weighted by Gasteiger charge is 2.19. The first kappa shape index (κ1) is 72.5. The number of carbonyl (C=O) groups excluding carboxylic acids is 3. The summed E-state index contributed by atoms with van der Waals surface area (Å²) in [4.78, 5) is 38.2. The Balaban J connectivity index is 4.33. The molecule has 0 saturated carbocycles. The Hall–Kier alpha value is -4.45. The van der Waals surface area contributed by atoms with Gasteiger partial charge in [0.25, 0.3) is 0 Å². The van der Waals surface area contributed by atoms with E-state index >= 15 is 0 Å². The van der Waals surface area contributed by atoms with Crippen LogP contribution in [0.4, 0.5) is 0 Å². The first-order valence-electron chi connectivity index (χ1n) is 31.7. The molecule has 0 aromatic rings. The Morgan fingerprint density at radius 2 is 0.506 bits per heavy atom. The maximum atomic E-state index is 12.9. The number of unbranched alkanes of at least 4 members (excludes halogenated alkanes) is 23. The maximum absolute atomic E-state index is 12.9. The molecule has 0 aliphatic carbocycles. The predicted octanol–water partition coefficient (Wildman–Crippen LogP) is 21.8. The molecule has 77 heavy (non-hydrogen) atoms. The van der Waals surface area contributed by atoms with E-state index in [1.165, 1.54) is 89.9 Å². The van der Waals surface area contributed by atoms with Gasteiger partial charge in [-0.15, -0.1) is 0 Å². The summed E-state index contributed by atoms with van der Waals surface area (Å²) < 4.78 is 16.9. The van der Waals surface area contributed by atoms with E-state index in [0.29, 0.717) is 19.3 Å². The Labute approximate surface area is 475 Å². The Bertz CT molecular complexity index is 1650. The van der Waals surface area contributed by atoms with Gasteiger partial charge in [-0.1, -0.05) is 276 Å². The van der Waals surface area contributed by atoms with Crippen LogP contribution in [0.15, 0.2) is 134 Å². The highest BCUT2D eigenvalue weighted by Crippen LogP contribution is 2.15. The molecular weight excluding hydrogens is 949 g/mol. The third-order valence-corrected chi connectivity index (χ3v) is 13.2. The maximum Gasteiger partial charge on any atom is 0.306 e. The van der Waals surface area contributed by atoms with Gasteiger partial charge in [-0.25, -0.2) is 0 Å². The van der Waals surface area contributed by atoms with E-state index in [9.17, 15) is 14.4 Å². The molecule has 0 aliphatic rings. The summed E-state index contributed by atoms with van der Waals surface area (Å²) in [6, 6.07) is 0. The quantitative estimate of drug-likeness (QED) is 0.0261. The zero-order valence-electron chi connectivity index (χ0n) is 49.9. The normalized spacial score (nSPS) is 13.0. The third kappa shape index (κ3) is 62.3. The van der Waals surface area contributed by atoms with Gasteiger partial charge < -0.3 is 14.2 Å². The second-order valence-corrected chi connectivity index (χ2v) is 20.6. The van der Waals surface area contributed by atoms with Crippen LogP contribution in [0.3, 0.4) is 0 Å². The van der Waals surface area contributed by atoms with Crippen LogP contribution in [0.1, 0.15) is 278 Å². The van der Waals surface area contributed by atoms with Crippen molar-refractivity contribution in [2.75, 3.05) is 13.2 Å². The first-order chi connectivity index (χ1) is 38.0. The van der Waals surface area contributed by atoms with Crippen molar-refractivity contribution in [3.63, 3.8) is 0 Å². The molecule has 6 heteroatoms. The minimum Gasteiger partial charge on any atom is -0.462 e.